The van der Waals surface area contributed by atoms with Crippen LogP contribution in [0.2, 0.25) is 0 Å². The molecule has 1 aromatic heterocycles. The average Bonchev–Trinajstić information content (AvgIpc) is 2.87. The number of nitriles is 1. The van der Waals surface area contributed by atoms with Crippen molar-refractivity contribution in [2.75, 3.05) is 6.61 Å². The summed E-state index contributed by atoms with van der Waals surface area (Å²) in [6.07, 6.45) is 0.0710. The summed E-state index contributed by atoms with van der Waals surface area (Å²) in [6.45, 7) is 8.35. The Hall–Kier alpha value is -4.37. The van der Waals surface area contributed by atoms with Gasteiger partial charge in [0.2, 0.25) is 0 Å². The van der Waals surface area contributed by atoms with E-state index in [1.54, 1.807) is 10.6 Å². The Balaban J connectivity index is 1.70. The van der Waals surface area contributed by atoms with E-state index < -0.39 is 0 Å². The first kappa shape index (κ1) is 24.7. The summed E-state index contributed by atoms with van der Waals surface area (Å²) in [5.41, 5.74) is 5.13. The van der Waals surface area contributed by atoms with Crippen molar-refractivity contribution in [3.63, 3.8) is 0 Å². The van der Waals surface area contributed by atoms with E-state index in [2.05, 4.69) is 11.1 Å². The van der Waals surface area contributed by atoms with Crippen molar-refractivity contribution in [1.29, 1.82) is 5.26 Å². The molecule has 0 amide bonds. The molecule has 0 unspecified atom stereocenters. The molecule has 6 nitrogen and oxygen atoms in total. The third-order valence-corrected chi connectivity index (χ3v) is 5.76. The van der Waals surface area contributed by atoms with Crippen LogP contribution in [0.25, 0.3) is 22.3 Å². The van der Waals surface area contributed by atoms with Gasteiger partial charge in [-0.05, 0) is 68.1 Å². The van der Waals surface area contributed by atoms with E-state index in [0.29, 0.717) is 36.0 Å². The number of ether oxygens (including phenoxy) is 2. The molecule has 4 rings (SSSR count). The summed E-state index contributed by atoms with van der Waals surface area (Å²) < 4.78 is 13.1. The number of benzene rings is 3. The maximum atomic E-state index is 13.7. The van der Waals surface area contributed by atoms with Gasteiger partial charge in [-0.3, -0.25) is 9.36 Å². The van der Waals surface area contributed by atoms with E-state index in [1.165, 1.54) is 0 Å². The molecule has 0 spiro atoms. The van der Waals surface area contributed by atoms with Crippen LogP contribution in [-0.2, 0) is 6.54 Å². The number of hydrogen-bond acceptors (Lipinski definition) is 5. The Morgan fingerprint density at radius 2 is 1.64 bits per heavy atom. The molecule has 182 valence electrons. The zero-order valence-corrected chi connectivity index (χ0v) is 21.0. The zero-order valence-electron chi connectivity index (χ0n) is 21.0. The Bertz CT molecular complexity index is 1450. The van der Waals surface area contributed by atoms with Gasteiger partial charge in [-0.2, -0.15) is 5.26 Å². The second-order valence-corrected chi connectivity index (χ2v) is 8.72. The number of aryl methyl sites for hydroxylation is 1. The molecule has 0 atom stereocenters. The third-order valence-electron chi connectivity index (χ3n) is 5.76. The van der Waals surface area contributed by atoms with E-state index in [1.807, 2.05) is 94.4 Å². The smallest absolute Gasteiger partial charge is 0.299 e. The number of rotatable bonds is 8. The van der Waals surface area contributed by atoms with E-state index in [9.17, 15) is 10.1 Å². The molecule has 0 radical (unpaired) electrons. The molecule has 0 saturated carbocycles. The molecule has 0 aliphatic carbocycles. The summed E-state index contributed by atoms with van der Waals surface area (Å²) in [4.78, 5) is 18.3. The van der Waals surface area contributed by atoms with Gasteiger partial charge in [0.05, 0.1) is 42.1 Å². The fourth-order valence-electron chi connectivity index (χ4n) is 4.12. The van der Waals surface area contributed by atoms with Gasteiger partial charge in [0.1, 0.15) is 5.75 Å². The van der Waals surface area contributed by atoms with E-state index in [0.717, 1.165) is 28.0 Å². The van der Waals surface area contributed by atoms with Gasteiger partial charge >= 0.3 is 0 Å². The molecule has 0 fully saturated rings. The molecule has 0 N–H and O–H groups in total. The summed E-state index contributed by atoms with van der Waals surface area (Å²) >= 11 is 0. The molecule has 0 bridgehead atoms. The van der Waals surface area contributed by atoms with Crippen molar-refractivity contribution in [1.82, 2.24) is 9.55 Å². The lowest BCUT2D eigenvalue weighted by Crippen LogP contribution is -2.26. The second-order valence-electron chi connectivity index (χ2n) is 8.72. The van der Waals surface area contributed by atoms with Crippen molar-refractivity contribution in [2.45, 2.75) is 40.3 Å². The molecular weight excluding hydrogens is 450 g/mol. The molecule has 0 saturated heterocycles. The molecule has 6 heteroatoms. The predicted octanol–water partition coefficient (Wildman–Crippen LogP) is 5.99. The highest BCUT2D eigenvalue weighted by Crippen LogP contribution is 2.26. The standard InChI is InChI=1S/C30H29N3O3/c1-5-35-30-32-21(4)28(24-14-16-26(17-15-24)36-20(2)3)29(34)33(30)19-22-10-12-23(13-11-22)27-9-7-6-8-25(27)18-31/h6-17,20H,5,19H2,1-4H3. The van der Waals surface area contributed by atoms with Crippen LogP contribution in [0.15, 0.2) is 77.6 Å². The second kappa shape index (κ2) is 10.9. The highest BCUT2D eigenvalue weighted by Gasteiger charge is 2.17. The fourth-order valence-corrected chi connectivity index (χ4v) is 4.12. The SMILES string of the molecule is CCOc1nc(C)c(-c2ccc(OC(C)C)cc2)c(=O)n1Cc1ccc(-c2ccccc2C#N)cc1. The maximum Gasteiger partial charge on any atom is 0.299 e. The lowest BCUT2D eigenvalue weighted by Gasteiger charge is -2.16. The third kappa shape index (κ3) is 5.31. The Morgan fingerprint density at radius 1 is 0.972 bits per heavy atom. The van der Waals surface area contributed by atoms with Crippen LogP contribution < -0.4 is 15.0 Å². The van der Waals surface area contributed by atoms with E-state index >= 15 is 0 Å². The molecule has 4 aromatic rings. The van der Waals surface area contributed by atoms with Crippen molar-refractivity contribution in [2.24, 2.45) is 0 Å². The fraction of sp³-hybridized carbons (Fsp3) is 0.233. The first-order valence-electron chi connectivity index (χ1n) is 12.0. The number of nitrogens with zero attached hydrogens (tertiary/aromatic N) is 3. The minimum Gasteiger partial charge on any atom is -0.491 e. The lowest BCUT2D eigenvalue weighted by atomic mass is 9.99. The van der Waals surface area contributed by atoms with Crippen LogP contribution in [0.4, 0.5) is 0 Å². The van der Waals surface area contributed by atoms with Gasteiger partial charge in [-0.25, -0.2) is 4.98 Å². The van der Waals surface area contributed by atoms with Crippen LogP contribution in [0.1, 0.15) is 37.6 Å². The summed E-state index contributed by atoms with van der Waals surface area (Å²) in [6, 6.07) is 25.4. The largest absolute Gasteiger partial charge is 0.491 e. The van der Waals surface area contributed by atoms with E-state index in [-0.39, 0.29) is 11.7 Å². The zero-order chi connectivity index (χ0) is 25.7. The van der Waals surface area contributed by atoms with Crippen LogP contribution in [0.3, 0.4) is 0 Å². The summed E-state index contributed by atoms with van der Waals surface area (Å²) in [7, 11) is 0. The monoisotopic (exact) mass is 479 g/mol. The molecule has 0 aliphatic rings. The minimum atomic E-state index is -0.164. The van der Waals surface area contributed by atoms with Crippen LogP contribution in [0, 0.1) is 18.3 Å². The van der Waals surface area contributed by atoms with Crippen molar-refractivity contribution in [3.05, 3.63) is 100.0 Å². The molecule has 3 aromatic carbocycles. The molecule has 1 heterocycles. The summed E-state index contributed by atoms with van der Waals surface area (Å²) in [5, 5.41) is 9.42. The number of aromatic nitrogens is 2. The highest BCUT2D eigenvalue weighted by atomic mass is 16.5. The van der Waals surface area contributed by atoms with Gasteiger partial charge in [-0.15, -0.1) is 0 Å². The highest BCUT2D eigenvalue weighted by molar-refractivity contribution is 5.70. The van der Waals surface area contributed by atoms with Gasteiger partial charge in [-0.1, -0.05) is 54.6 Å². The lowest BCUT2D eigenvalue weighted by molar-refractivity contribution is 0.242. The topological polar surface area (TPSA) is 77.1 Å². The minimum absolute atomic E-state index is 0.0710. The predicted molar refractivity (Wildman–Crippen MR) is 141 cm³/mol. The van der Waals surface area contributed by atoms with Crippen molar-refractivity contribution in [3.8, 4) is 40.1 Å². The summed E-state index contributed by atoms with van der Waals surface area (Å²) in [5.74, 6) is 0.753. The van der Waals surface area contributed by atoms with Gasteiger partial charge in [0, 0.05) is 0 Å². The first-order valence-corrected chi connectivity index (χ1v) is 12.0. The Morgan fingerprint density at radius 3 is 2.28 bits per heavy atom. The van der Waals surface area contributed by atoms with Crippen LogP contribution >= 0.6 is 0 Å². The van der Waals surface area contributed by atoms with Gasteiger partial charge in [0.15, 0.2) is 0 Å². The number of hydrogen-bond donors (Lipinski definition) is 0. The Kier molecular flexibility index (Phi) is 7.50. The maximum absolute atomic E-state index is 13.7. The first-order chi connectivity index (χ1) is 17.4. The Labute approximate surface area is 211 Å². The van der Waals surface area contributed by atoms with Gasteiger partial charge in [0.25, 0.3) is 11.6 Å². The van der Waals surface area contributed by atoms with E-state index in [4.69, 9.17) is 9.47 Å². The van der Waals surface area contributed by atoms with Crippen molar-refractivity contribution >= 4 is 0 Å². The quantitative estimate of drug-likeness (QED) is 0.310. The van der Waals surface area contributed by atoms with Crippen LogP contribution in [0.5, 0.6) is 11.8 Å². The molecular formula is C30H29N3O3. The van der Waals surface area contributed by atoms with Crippen molar-refractivity contribution < 1.29 is 9.47 Å². The molecule has 0 aliphatic heterocycles. The van der Waals surface area contributed by atoms with Gasteiger partial charge < -0.3 is 9.47 Å². The molecule has 36 heavy (non-hydrogen) atoms. The normalized spacial score (nSPS) is 10.8. The van der Waals surface area contributed by atoms with Crippen LogP contribution in [-0.4, -0.2) is 22.3 Å². The average molecular weight is 480 g/mol.